The predicted molar refractivity (Wildman–Crippen MR) is 103 cm³/mol. The Hall–Kier alpha value is -1.70. The second-order valence-electron chi connectivity index (χ2n) is 6.58. The summed E-state index contributed by atoms with van der Waals surface area (Å²) in [6, 6.07) is 3.14. The van der Waals surface area contributed by atoms with Gasteiger partial charge in [0.1, 0.15) is 5.75 Å². The average molecular weight is 419 g/mol. The molecule has 1 aromatic carbocycles. The van der Waals surface area contributed by atoms with Crippen LogP contribution in [0.1, 0.15) is 24.8 Å². The van der Waals surface area contributed by atoms with Gasteiger partial charge in [0, 0.05) is 37.2 Å². The van der Waals surface area contributed by atoms with Gasteiger partial charge < -0.3 is 24.8 Å². The number of hydrogen-bond acceptors (Lipinski definition) is 5. The Bertz CT molecular complexity index is 701. The van der Waals surface area contributed by atoms with Crippen molar-refractivity contribution in [2.24, 2.45) is 5.92 Å². The number of hydrogen-bond donors (Lipinski definition) is 2. The maximum atomic E-state index is 11.7. The van der Waals surface area contributed by atoms with Gasteiger partial charge in [-0.2, -0.15) is 0 Å². The van der Waals surface area contributed by atoms with Crippen LogP contribution in [0, 0.1) is 5.92 Å². The fourth-order valence-electron chi connectivity index (χ4n) is 3.41. The third-order valence-corrected chi connectivity index (χ3v) is 5.63. The summed E-state index contributed by atoms with van der Waals surface area (Å²) >= 11 is 12.5. The monoisotopic (exact) mass is 418 g/mol. The number of amides is 1. The van der Waals surface area contributed by atoms with E-state index in [0.717, 1.165) is 5.56 Å². The maximum Gasteiger partial charge on any atom is 0.407 e. The Morgan fingerprint density at radius 3 is 2.67 bits per heavy atom. The molecule has 1 aliphatic heterocycles. The fraction of sp³-hybridized carbons (Fsp3) is 0.556. The number of rotatable bonds is 7. The molecule has 27 heavy (non-hydrogen) atoms. The molecule has 1 aliphatic rings. The van der Waals surface area contributed by atoms with Crippen molar-refractivity contribution < 1.29 is 24.2 Å². The van der Waals surface area contributed by atoms with Crippen molar-refractivity contribution in [3.8, 4) is 5.75 Å². The van der Waals surface area contributed by atoms with Crippen molar-refractivity contribution in [1.29, 1.82) is 0 Å². The summed E-state index contributed by atoms with van der Waals surface area (Å²) in [7, 11) is 2.88. The summed E-state index contributed by atoms with van der Waals surface area (Å²) in [5.41, 5.74) is 0.725. The summed E-state index contributed by atoms with van der Waals surface area (Å²) in [6.07, 6.45) is -0.426. The number of nitrogens with zero attached hydrogens (tertiary/aromatic N) is 1. The summed E-state index contributed by atoms with van der Waals surface area (Å²) in [4.78, 5) is 24.5. The lowest BCUT2D eigenvalue weighted by Gasteiger charge is -2.22. The van der Waals surface area contributed by atoms with E-state index in [2.05, 4.69) is 5.32 Å². The number of likely N-dealkylation sites (tertiary alicyclic amines) is 1. The van der Waals surface area contributed by atoms with Crippen molar-refractivity contribution >= 4 is 35.3 Å². The highest BCUT2D eigenvalue weighted by Crippen LogP contribution is 2.43. The topological polar surface area (TPSA) is 88.1 Å². The third-order valence-electron chi connectivity index (χ3n) is 4.81. The second kappa shape index (κ2) is 9.48. The molecule has 1 unspecified atom stereocenters. The second-order valence-corrected chi connectivity index (χ2v) is 7.37. The lowest BCUT2D eigenvalue weighted by atomic mass is 9.95. The van der Waals surface area contributed by atoms with Gasteiger partial charge >= 0.3 is 12.1 Å². The molecule has 2 N–H and O–H groups in total. The van der Waals surface area contributed by atoms with Crippen LogP contribution in [0.2, 0.25) is 10.0 Å². The Morgan fingerprint density at radius 2 is 2.07 bits per heavy atom. The SMILES string of the molecule is COC(=O)C(C)CNC[C@@H]1C[C@H](c2c(OC)ccc(Cl)c2Cl)CN1C(=O)O. The highest BCUT2D eigenvalue weighted by atomic mass is 35.5. The van der Waals surface area contributed by atoms with E-state index >= 15 is 0 Å². The van der Waals surface area contributed by atoms with Gasteiger partial charge in [-0.05, 0) is 18.6 Å². The molecule has 0 aromatic heterocycles. The fourth-order valence-corrected chi connectivity index (χ4v) is 3.89. The molecule has 150 valence electrons. The molecule has 7 nitrogen and oxygen atoms in total. The van der Waals surface area contributed by atoms with Crippen LogP contribution in [0.25, 0.3) is 0 Å². The first-order valence-corrected chi connectivity index (χ1v) is 9.35. The number of nitrogens with one attached hydrogen (secondary N) is 1. The molecule has 9 heteroatoms. The molecule has 0 saturated carbocycles. The molecular weight excluding hydrogens is 395 g/mol. The minimum absolute atomic E-state index is 0.132. The Kier molecular flexibility index (Phi) is 7.59. The first kappa shape index (κ1) is 21.6. The molecule has 3 atom stereocenters. The van der Waals surface area contributed by atoms with E-state index in [4.69, 9.17) is 32.7 Å². The minimum atomic E-state index is -0.998. The Balaban J connectivity index is 2.12. The summed E-state index contributed by atoms with van der Waals surface area (Å²) in [6.45, 7) is 2.87. The molecular formula is C18H24Cl2N2O5. The molecule has 0 spiro atoms. The largest absolute Gasteiger partial charge is 0.496 e. The molecule has 1 saturated heterocycles. The van der Waals surface area contributed by atoms with E-state index in [0.29, 0.717) is 41.8 Å². The minimum Gasteiger partial charge on any atom is -0.496 e. The van der Waals surface area contributed by atoms with E-state index < -0.39 is 6.09 Å². The molecule has 2 rings (SSSR count). The van der Waals surface area contributed by atoms with Gasteiger partial charge in [-0.15, -0.1) is 0 Å². The molecule has 1 heterocycles. The van der Waals surface area contributed by atoms with Crippen molar-refractivity contribution in [3.63, 3.8) is 0 Å². The van der Waals surface area contributed by atoms with Gasteiger partial charge in [0.2, 0.25) is 0 Å². The van der Waals surface area contributed by atoms with Crippen LogP contribution in [-0.2, 0) is 9.53 Å². The van der Waals surface area contributed by atoms with Crippen LogP contribution in [-0.4, -0.2) is 62.0 Å². The van der Waals surface area contributed by atoms with E-state index in [9.17, 15) is 14.7 Å². The van der Waals surface area contributed by atoms with Crippen molar-refractivity contribution in [1.82, 2.24) is 10.2 Å². The predicted octanol–water partition coefficient (Wildman–Crippen LogP) is 3.24. The third kappa shape index (κ3) is 4.97. The number of carboxylic acid groups (broad SMARTS) is 1. The summed E-state index contributed by atoms with van der Waals surface area (Å²) < 4.78 is 10.1. The van der Waals surface area contributed by atoms with Crippen LogP contribution in [0.15, 0.2) is 12.1 Å². The molecule has 1 amide bonds. The van der Waals surface area contributed by atoms with E-state index in [1.165, 1.54) is 12.0 Å². The molecule has 1 aromatic rings. The van der Waals surface area contributed by atoms with E-state index in [1.54, 1.807) is 26.2 Å². The summed E-state index contributed by atoms with van der Waals surface area (Å²) in [5, 5.41) is 13.5. The number of carbonyl (C=O) groups is 2. The summed E-state index contributed by atoms with van der Waals surface area (Å²) in [5.74, 6) is -0.162. The van der Waals surface area contributed by atoms with Gasteiger partial charge in [-0.1, -0.05) is 30.1 Å². The van der Waals surface area contributed by atoms with Crippen LogP contribution in [0.3, 0.4) is 0 Å². The smallest absolute Gasteiger partial charge is 0.407 e. The van der Waals surface area contributed by atoms with Crippen LogP contribution < -0.4 is 10.1 Å². The van der Waals surface area contributed by atoms with Gasteiger partial charge in [-0.25, -0.2) is 4.79 Å². The van der Waals surface area contributed by atoms with E-state index in [1.807, 2.05) is 0 Å². The van der Waals surface area contributed by atoms with Gasteiger partial charge in [0.05, 0.1) is 30.2 Å². The van der Waals surface area contributed by atoms with Crippen molar-refractivity contribution in [2.45, 2.75) is 25.3 Å². The zero-order chi connectivity index (χ0) is 20.1. The Labute approximate surface area is 168 Å². The van der Waals surface area contributed by atoms with E-state index in [-0.39, 0.29) is 23.8 Å². The van der Waals surface area contributed by atoms with Crippen LogP contribution in [0.4, 0.5) is 4.79 Å². The first-order chi connectivity index (χ1) is 12.8. The quantitative estimate of drug-likeness (QED) is 0.660. The standard InChI is InChI=1S/C18H24Cl2N2O5/c1-10(17(23)27-3)7-21-8-12-6-11(9-22(12)18(24)25)15-14(26-2)5-4-13(19)16(15)20/h4-5,10-12,21H,6-9H2,1-3H3,(H,24,25)/t10?,11-,12-/m0/s1. The van der Waals surface area contributed by atoms with Crippen LogP contribution in [0.5, 0.6) is 5.75 Å². The van der Waals surface area contributed by atoms with Crippen LogP contribution >= 0.6 is 23.2 Å². The van der Waals surface area contributed by atoms with Gasteiger partial charge in [-0.3, -0.25) is 4.79 Å². The highest BCUT2D eigenvalue weighted by molar-refractivity contribution is 6.42. The normalized spacial score (nSPS) is 20.4. The number of benzene rings is 1. The lowest BCUT2D eigenvalue weighted by Crippen LogP contribution is -2.42. The number of esters is 1. The number of halogens is 2. The van der Waals surface area contributed by atoms with Crippen molar-refractivity contribution in [3.05, 3.63) is 27.7 Å². The number of ether oxygens (including phenoxy) is 2. The zero-order valence-corrected chi connectivity index (χ0v) is 17.0. The van der Waals surface area contributed by atoms with Crippen molar-refractivity contribution in [2.75, 3.05) is 33.9 Å². The molecule has 0 radical (unpaired) electrons. The highest BCUT2D eigenvalue weighted by Gasteiger charge is 2.38. The number of methoxy groups -OCH3 is 2. The van der Waals surface area contributed by atoms with Gasteiger partial charge in [0.15, 0.2) is 0 Å². The molecule has 0 aliphatic carbocycles. The lowest BCUT2D eigenvalue weighted by molar-refractivity contribution is -0.144. The van der Waals surface area contributed by atoms with Gasteiger partial charge in [0.25, 0.3) is 0 Å². The maximum absolute atomic E-state index is 11.7. The Morgan fingerprint density at radius 1 is 1.37 bits per heavy atom. The average Bonchev–Trinajstić information content (AvgIpc) is 3.06. The first-order valence-electron chi connectivity index (χ1n) is 8.60. The number of carbonyl (C=O) groups excluding carboxylic acids is 1. The molecule has 0 bridgehead atoms. The molecule has 1 fully saturated rings. The zero-order valence-electron chi connectivity index (χ0n) is 15.5.